The van der Waals surface area contributed by atoms with Crippen molar-refractivity contribution in [3.63, 3.8) is 0 Å². The molecule has 6 nitrogen and oxygen atoms in total. The molecular weight excluding hydrogens is 404 g/mol. The van der Waals surface area contributed by atoms with Crippen LogP contribution in [0.1, 0.15) is 21.2 Å². The van der Waals surface area contributed by atoms with Crippen molar-refractivity contribution in [1.82, 2.24) is 19.9 Å². The summed E-state index contributed by atoms with van der Waals surface area (Å²) in [6, 6.07) is 10.4. The second kappa shape index (κ2) is 8.86. The van der Waals surface area contributed by atoms with E-state index in [4.69, 9.17) is 4.74 Å². The van der Waals surface area contributed by atoms with Crippen LogP contribution in [0.3, 0.4) is 0 Å². The number of aryl methyl sites for hydroxylation is 1. The third-order valence-electron chi connectivity index (χ3n) is 4.62. The van der Waals surface area contributed by atoms with Crippen LogP contribution in [0.25, 0.3) is 21.6 Å². The normalized spacial score (nSPS) is 11.2. The number of amides is 1. The van der Waals surface area contributed by atoms with Crippen molar-refractivity contribution in [2.75, 3.05) is 20.3 Å². The third-order valence-corrected chi connectivity index (χ3v) is 6.31. The van der Waals surface area contributed by atoms with Crippen LogP contribution in [0.4, 0.5) is 0 Å². The molecule has 4 aromatic rings. The molecule has 0 saturated heterocycles. The van der Waals surface area contributed by atoms with Gasteiger partial charge in [-0.15, -0.1) is 22.7 Å². The van der Waals surface area contributed by atoms with E-state index in [9.17, 15) is 4.79 Å². The van der Waals surface area contributed by atoms with Gasteiger partial charge in [-0.25, -0.2) is 9.97 Å². The molecule has 0 bridgehead atoms. The number of hydrogen-bond acceptors (Lipinski definition) is 6. The fourth-order valence-electron chi connectivity index (χ4n) is 3.22. The number of thiazole rings is 2. The molecule has 3 aromatic heterocycles. The SMILES string of the molecule is COCCn1c(-c2nc(C(=O)NCCc3csc(C)n3)cs2)cc2ccccc21. The molecule has 0 atom stereocenters. The number of methoxy groups -OCH3 is 1. The summed E-state index contributed by atoms with van der Waals surface area (Å²) in [7, 11) is 1.70. The summed E-state index contributed by atoms with van der Waals surface area (Å²) >= 11 is 3.11. The Morgan fingerprint density at radius 1 is 1.21 bits per heavy atom. The number of fused-ring (bicyclic) bond motifs is 1. The number of benzene rings is 1. The van der Waals surface area contributed by atoms with Gasteiger partial charge in [-0.05, 0) is 19.1 Å². The maximum absolute atomic E-state index is 12.5. The summed E-state index contributed by atoms with van der Waals surface area (Å²) in [5.41, 5.74) is 3.60. The summed E-state index contributed by atoms with van der Waals surface area (Å²) in [6.07, 6.45) is 0.721. The van der Waals surface area contributed by atoms with Gasteiger partial charge in [-0.3, -0.25) is 4.79 Å². The average Bonchev–Trinajstić information content (AvgIpc) is 3.44. The fraction of sp³-hybridized carbons (Fsp3) is 0.286. The summed E-state index contributed by atoms with van der Waals surface area (Å²) in [5, 5.41) is 9.81. The number of carbonyl (C=O) groups is 1. The fourth-order valence-corrected chi connectivity index (χ4v) is 4.70. The lowest BCUT2D eigenvalue weighted by Crippen LogP contribution is -2.26. The van der Waals surface area contributed by atoms with E-state index in [0.717, 1.165) is 45.3 Å². The first kappa shape index (κ1) is 19.8. The minimum Gasteiger partial charge on any atom is -0.383 e. The molecule has 0 spiro atoms. The zero-order valence-electron chi connectivity index (χ0n) is 16.3. The monoisotopic (exact) mass is 426 g/mol. The van der Waals surface area contributed by atoms with Gasteiger partial charge in [-0.2, -0.15) is 0 Å². The Hall–Kier alpha value is -2.55. The highest BCUT2D eigenvalue weighted by atomic mass is 32.1. The Morgan fingerprint density at radius 2 is 2.07 bits per heavy atom. The molecule has 0 unspecified atom stereocenters. The van der Waals surface area contributed by atoms with Gasteiger partial charge in [0.05, 0.1) is 23.0 Å². The molecule has 1 amide bonds. The summed E-state index contributed by atoms with van der Waals surface area (Å²) in [5.74, 6) is -0.154. The first-order chi connectivity index (χ1) is 14.2. The quantitative estimate of drug-likeness (QED) is 0.460. The number of ether oxygens (including phenoxy) is 1. The number of para-hydroxylation sites is 1. The maximum Gasteiger partial charge on any atom is 0.270 e. The van der Waals surface area contributed by atoms with Crippen molar-refractivity contribution >= 4 is 39.5 Å². The summed E-state index contributed by atoms with van der Waals surface area (Å²) in [6.45, 7) is 3.87. The van der Waals surface area contributed by atoms with E-state index in [1.807, 2.05) is 29.8 Å². The van der Waals surface area contributed by atoms with Crippen LogP contribution in [0.5, 0.6) is 0 Å². The predicted molar refractivity (Wildman–Crippen MR) is 118 cm³/mol. The van der Waals surface area contributed by atoms with Crippen LogP contribution in [-0.4, -0.2) is 40.7 Å². The van der Waals surface area contributed by atoms with E-state index in [1.54, 1.807) is 18.4 Å². The third kappa shape index (κ3) is 4.39. The minimum atomic E-state index is -0.154. The summed E-state index contributed by atoms with van der Waals surface area (Å²) in [4.78, 5) is 21.5. The second-order valence-electron chi connectivity index (χ2n) is 6.63. The molecule has 150 valence electrons. The molecule has 0 aliphatic carbocycles. The van der Waals surface area contributed by atoms with Gasteiger partial charge in [0, 0.05) is 48.3 Å². The van der Waals surface area contributed by atoms with Gasteiger partial charge >= 0.3 is 0 Å². The highest BCUT2D eigenvalue weighted by molar-refractivity contribution is 7.13. The van der Waals surface area contributed by atoms with Gasteiger partial charge in [0.25, 0.3) is 5.91 Å². The zero-order valence-corrected chi connectivity index (χ0v) is 18.0. The molecule has 1 aromatic carbocycles. The number of nitrogens with zero attached hydrogens (tertiary/aromatic N) is 3. The molecular formula is C21H22N4O2S2. The number of hydrogen-bond donors (Lipinski definition) is 1. The van der Waals surface area contributed by atoms with E-state index in [2.05, 4.69) is 38.1 Å². The van der Waals surface area contributed by atoms with Gasteiger partial charge in [0.1, 0.15) is 10.7 Å². The molecule has 3 heterocycles. The van der Waals surface area contributed by atoms with Crippen LogP contribution in [0.2, 0.25) is 0 Å². The molecule has 0 saturated carbocycles. The molecule has 8 heteroatoms. The number of nitrogens with one attached hydrogen (secondary N) is 1. The van der Waals surface area contributed by atoms with Crippen molar-refractivity contribution in [2.24, 2.45) is 0 Å². The van der Waals surface area contributed by atoms with Crippen LogP contribution in [-0.2, 0) is 17.7 Å². The molecule has 0 aliphatic heterocycles. The lowest BCUT2D eigenvalue weighted by Gasteiger charge is -2.08. The van der Waals surface area contributed by atoms with Crippen LogP contribution in [0, 0.1) is 6.92 Å². The van der Waals surface area contributed by atoms with Gasteiger partial charge in [0.15, 0.2) is 0 Å². The highest BCUT2D eigenvalue weighted by Gasteiger charge is 2.16. The number of aromatic nitrogens is 3. The Bertz CT molecular complexity index is 1130. The minimum absolute atomic E-state index is 0.154. The van der Waals surface area contributed by atoms with E-state index >= 15 is 0 Å². The standard InChI is InChI=1S/C21H22N4O2S2/c1-14-23-16(12-28-14)7-8-22-20(26)17-13-29-21(24-17)19-11-15-5-3-4-6-18(15)25(19)9-10-27-2/h3-6,11-13H,7-10H2,1-2H3,(H,22,26). The van der Waals surface area contributed by atoms with Crippen LogP contribution >= 0.6 is 22.7 Å². The molecule has 0 aliphatic rings. The Kier molecular flexibility index (Phi) is 6.03. The molecule has 4 rings (SSSR count). The van der Waals surface area contributed by atoms with Crippen molar-refractivity contribution in [2.45, 2.75) is 19.9 Å². The molecule has 0 fully saturated rings. The number of carbonyl (C=O) groups excluding carboxylic acids is 1. The number of rotatable bonds is 8. The maximum atomic E-state index is 12.5. The van der Waals surface area contributed by atoms with E-state index in [1.165, 1.54) is 11.3 Å². The van der Waals surface area contributed by atoms with Crippen molar-refractivity contribution in [1.29, 1.82) is 0 Å². The Labute approximate surface area is 177 Å². The van der Waals surface area contributed by atoms with Crippen molar-refractivity contribution in [3.05, 3.63) is 57.5 Å². The van der Waals surface area contributed by atoms with Gasteiger partial charge in [0.2, 0.25) is 0 Å². The Morgan fingerprint density at radius 3 is 2.86 bits per heavy atom. The average molecular weight is 427 g/mol. The summed E-state index contributed by atoms with van der Waals surface area (Å²) < 4.78 is 7.47. The highest BCUT2D eigenvalue weighted by Crippen LogP contribution is 2.30. The van der Waals surface area contributed by atoms with E-state index < -0.39 is 0 Å². The van der Waals surface area contributed by atoms with Gasteiger partial charge in [-0.1, -0.05) is 18.2 Å². The second-order valence-corrected chi connectivity index (χ2v) is 8.55. The zero-order chi connectivity index (χ0) is 20.2. The lowest BCUT2D eigenvalue weighted by molar-refractivity contribution is 0.0950. The lowest BCUT2D eigenvalue weighted by atomic mass is 10.2. The predicted octanol–water partition coefficient (Wildman–Crippen LogP) is 4.15. The largest absolute Gasteiger partial charge is 0.383 e. The topological polar surface area (TPSA) is 69.0 Å². The molecule has 1 N–H and O–H groups in total. The first-order valence-corrected chi connectivity index (χ1v) is 11.1. The molecule has 29 heavy (non-hydrogen) atoms. The van der Waals surface area contributed by atoms with Crippen LogP contribution in [0.15, 0.2) is 41.1 Å². The van der Waals surface area contributed by atoms with Crippen molar-refractivity contribution < 1.29 is 9.53 Å². The Balaban J connectivity index is 1.50. The molecule has 0 radical (unpaired) electrons. The van der Waals surface area contributed by atoms with Crippen LogP contribution < -0.4 is 5.32 Å². The van der Waals surface area contributed by atoms with E-state index in [0.29, 0.717) is 18.8 Å². The van der Waals surface area contributed by atoms with Gasteiger partial charge < -0.3 is 14.6 Å². The van der Waals surface area contributed by atoms with E-state index in [-0.39, 0.29) is 5.91 Å². The van der Waals surface area contributed by atoms with Crippen molar-refractivity contribution in [3.8, 4) is 10.7 Å². The first-order valence-electron chi connectivity index (χ1n) is 9.38. The smallest absolute Gasteiger partial charge is 0.270 e.